The van der Waals surface area contributed by atoms with Gasteiger partial charge in [0, 0.05) is 13.0 Å². The number of hydrogen-bond acceptors (Lipinski definition) is 3. The molecule has 0 bridgehead atoms. The lowest BCUT2D eigenvalue weighted by Crippen LogP contribution is -2.62. The van der Waals surface area contributed by atoms with Crippen LogP contribution in [-0.4, -0.2) is 23.7 Å². The molecule has 0 aromatic carbocycles. The van der Waals surface area contributed by atoms with E-state index in [-0.39, 0.29) is 11.5 Å². The van der Waals surface area contributed by atoms with Gasteiger partial charge < -0.3 is 16.2 Å². The minimum absolute atomic E-state index is 0.109. The van der Waals surface area contributed by atoms with E-state index in [1.54, 1.807) is 0 Å². The number of primary amides is 1. The van der Waals surface area contributed by atoms with Gasteiger partial charge in [0.05, 0.1) is 5.60 Å². The number of carbonyl (C=O) groups excluding carboxylic acids is 1. The first-order chi connectivity index (χ1) is 6.06. The van der Waals surface area contributed by atoms with Gasteiger partial charge in [-0.1, -0.05) is 0 Å². The van der Waals surface area contributed by atoms with E-state index < -0.39 is 5.54 Å². The third kappa shape index (κ3) is 1.34. The lowest BCUT2D eigenvalue weighted by molar-refractivity contribution is -0.159. The highest BCUT2D eigenvalue weighted by atomic mass is 16.5. The van der Waals surface area contributed by atoms with Gasteiger partial charge in [0.2, 0.25) is 5.91 Å². The molecule has 1 spiro atoms. The van der Waals surface area contributed by atoms with Crippen LogP contribution >= 0.6 is 0 Å². The molecule has 13 heavy (non-hydrogen) atoms. The van der Waals surface area contributed by atoms with Gasteiger partial charge in [-0.3, -0.25) is 4.79 Å². The van der Waals surface area contributed by atoms with Crippen LogP contribution < -0.4 is 11.5 Å². The maximum Gasteiger partial charge on any atom is 0.237 e. The first kappa shape index (κ1) is 8.97. The second kappa shape index (κ2) is 2.69. The molecule has 1 atom stereocenters. The van der Waals surface area contributed by atoms with Crippen molar-refractivity contribution in [2.75, 3.05) is 6.61 Å². The maximum atomic E-state index is 11.1. The minimum atomic E-state index is -0.821. The Balaban J connectivity index is 2.11. The van der Waals surface area contributed by atoms with Crippen molar-refractivity contribution in [3.63, 3.8) is 0 Å². The summed E-state index contributed by atoms with van der Waals surface area (Å²) in [4.78, 5) is 11.1. The van der Waals surface area contributed by atoms with E-state index in [0.717, 1.165) is 12.8 Å². The van der Waals surface area contributed by atoms with Crippen molar-refractivity contribution in [3.8, 4) is 0 Å². The van der Waals surface area contributed by atoms with Gasteiger partial charge in [0.25, 0.3) is 0 Å². The lowest BCUT2D eigenvalue weighted by atomic mass is 9.69. The topological polar surface area (TPSA) is 78.3 Å². The number of carbonyl (C=O) groups is 1. The summed E-state index contributed by atoms with van der Waals surface area (Å²) in [5.74, 6) is -0.387. The van der Waals surface area contributed by atoms with Crippen molar-refractivity contribution < 1.29 is 9.53 Å². The molecule has 2 fully saturated rings. The maximum absolute atomic E-state index is 11.1. The molecule has 1 saturated carbocycles. The highest BCUT2D eigenvalue weighted by molar-refractivity contribution is 5.84. The summed E-state index contributed by atoms with van der Waals surface area (Å²) in [6.45, 7) is 0.569. The van der Waals surface area contributed by atoms with Gasteiger partial charge in [-0.2, -0.15) is 0 Å². The molecule has 4 heteroatoms. The van der Waals surface area contributed by atoms with E-state index in [9.17, 15) is 4.79 Å². The molecular weight excluding hydrogens is 168 g/mol. The standard InChI is InChI=1S/C9H16N2O2/c10-7(12)9(11)4-5-13-8(6-9)2-1-3-8/h1-6,11H2,(H2,10,12). The largest absolute Gasteiger partial charge is 0.375 e. The Hall–Kier alpha value is -0.610. The van der Waals surface area contributed by atoms with Crippen molar-refractivity contribution in [3.05, 3.63) is 0 Å². The normalized spacial score (nSPS) is 37.0. The second-order valence-corrected chi connectivity index (χ2v) is 4.33. The fourth-order valence-electron chi connectivity index (χ4n) is 2.27. The molecule has 1 saturated heterocycles. The average Bonchev–Trinajstić information content (AvgIpc) is 2.01. The highest BCUT2D eigenvalue weighted by Crippen LogP contribution is 2.44. The molecule has 4 nitrogen and oxygen atoms in total. The fraction of sp³-hybridized carbons (Fsp3) is 0.889. The van der Waals surface area contributed by atoms with Gasteiger partial charge >= 0.3 is 0 Å². The van der Waals surface area contributed by atoms with Crippen LogP contribution in [0.2, 0.25) is 0 Å². The van der Waals surface area contributed by atoms with Gasteiger partial charge in [-0.25, -0.2) is 0 Å². The van der Waals surface area contributed by atoms with Crippen LogP contribution in [0.4, 0.5) is 0 Å². The molecule has 2 aliphatic rings. The third-order valence-electron chi connectivity index (χ3n) is 3.35. The Bertz CT molecular complexity index is 238. The summed E-state index contributed by atoms with van der Waals surface area (Å²) in [7, 11) is 0. The molecule has 1 amide bonds. The number of rotatable bonds is 1. The van der Waals surface area contributed by atoms with E-state index >= 15 is 0 Å². The SMILES string of the molecule is NC(=O)C1(N)CCOC2(CCC2)C1. The average molecular weight is 184 g/mol. The van der Waals surface area contributed by atoms with Crippen molar-refractivity contribution in [2.45, 2.75) is 43.2 Å². The quantitative estimate of drug-likeness (QED) is 0.597. The molecule has 0 aromatic rings. The molecule has 0 radical (unpaired) electrons. The summed E-state index contributed by atoms with van der Waals surface area (Å²) in [5.41, 5.74) is 10.3. The molecule has 1 heterocycles. The third-order valence-corrected chi connectivity index (χ3v) is 3.35. The summed E-state index contributed by atoms with van der Waals surface area (Å²) in [5, 5.41) is 0. The van der Waals surface area contributed by atoms with Crippen LogP contribution in [0.1, 0.15) is 32.1 Å². The summed E-state index contributed by atoms with van der Waals surface area (Å²) in [6, 6.07) is 0. The zero-order valence-corrected chi connectivity index (χ0v) is 7.71. The van der Waals surface area contributed by atoms with E-state index in [1.807, 2.05) is 0 Å². The van der Waals surface area contributed by atoms with Gasteiger partial charge in [-0.15, -0.1) is 0 Å². The summed E-state index contributed by atoms with van der Waals surface area (Å²) < 4.78 is 5.66. The van der Waals surface area contributed by atoms with E-state index in [0.29, 0.717) is 19.4 Å². The summed E-state index contributed by atoms with van der Waals surface area (Å²) in [6.07, 6.45) is 4.40. The van der Waals surface area contributed by atoms with Gasteiger partial charge in [0.15, 0.2) is 0 Å². The molecule has 4 N–H and O–H groups in total. The van der Waals surface area contributed by atoms with E-state index in [2.05, 4.69) is 0 Å². The molecule has 2 rings (SSSR count). The summed E-state index contributed by atoms with van der Waals surface area (Å²) >= 11 is 0. The van der Waals surface area contributed by atoms with Crippen molar-refractivity contribution >= 4 is 5.91 Å². The molecule has 1 aliphatic carbocycles. The Labute approximate surface area is 77.6 Å². The van der Waals surface area contributed by atoms with Crippen LogP contribution in [-0.2, 0) is 9.53 Å². The predicted octanol–water partition coefficient (Wildman–Crippen LogP) is -0.0977. The Morgan fingerprint density at radius 2 is 2.00 bits per heavy atom. The molecular formula is C9H16N2O2. The first-order valence-electron chi connectivity index (χ1n) is 4.79. The monoisotopic (exact) mass is 184 g/mol. The lowest BCUT2D eigenvalue weighted by Gasteiger charge is -2.49. The molecule has 1 unspecified atom stereocenters. The van der Waals surface area contributed by atoms with E-state index in [4.69, 9.17) is 16.2 Å². The van der Waals surface area contributed by atoms with Crippen LogP contribution in [0.5, 0.6) is 0 Å². The Kier molecular flexibility index (Phi) is 1.85. The molecule has 74 valence electrons. The second-order valence-electron chi connectivity index (χ2n) is 4.33. The number of ether oxygens (including phenoxy) is 1. The van der Waals surface area contributed by atoms with Crippen LogP contribution in [0.3, 0.4) is 0 Å². The van der Waals surface area contributed by atoms with Gasteiger partial charge in [-0.05, 0) is 25.7 Å². The molecule has 1 aliphatic heterocycles. The zero-order chi connectivity index (χ0) is 9.53. The smallest absolute Gasteiger partial charge is 0.237 e. The van der Waals surface area contributed by atoms with Crippen molar-refractivity contribution in [1.82, 2.24) is 0 Å². The van der Waals surface area contributed by atoms with E-state index in [1.165, 1.54) is 6.42 Å². The fourth-order valence-corrected chi connectivity index (χ4v) is 2.27. The first-order valence-corrected chi connectivity index (χ1v) is 4.79. The highest BCUT2D eigenvalue weighted by Gasteiger charge is 2.49. The molecule has 0 aromatic heterocycles. The van der Waals surface area contributed by atoms with Crippen LogP contribution in [0.25, 0.3) is 0 Å². The minimum Gasteiger partial charge on any atom is -0.375 e. The Morgan fingerprint density at radius 1 is 1.31 bits per heavy atom. The predicted molar refractivity (Wildman–Crippen MR) is 47.9 cm³/mol. The number of amides is 1. The Morgan fingerprint density at radius 3 is 2.46 bits per heavy atom. The number of hydrogen-bond donors (Lipinski definition) is 2. The van der Waals surface area contributed by atoms with Crippen molar-refractivity contribution in [1.29, 1.82) is 0 Å². The van der Waals surface area contributed by atoms with Crippen LogP contribution in [0.15, 0.2) is 0 Å². The van der Waals surface area contributed by atoms with Gasteiger partial charge in [0.1, 0.15) is 5.54 Å². The van der Waals surface area contributed by atoms with Crippen LogP contribution in [0, 0.1) is 0 Å². The zero-order valence-electron chi connectivity index (χ0n) is 7.71. The number of nitrogens with two attached hydrogens (primary N) is 2. The van der Waals surface area contributed by atoms with Crippen molar-refractivity contribution in [2.24, 2.45) is 11.5 Å².